The summed E-state index contributed by atoms with van der Waals surface area (Å²) in [6.07, 6.45) is 1.39. The predicted molar refractivity (Wildman–Crippen MR) is 94.7 cm³/mol. The van der Waals surface area contributed by atoms with E-state index >= 15 is 0 Å². The smallest absolute Gasteiger partial charge is 0.329 e. The zero-order valence-corrected chi connectivity index (χ0v) is 14.8. The first-order chi connectivity index (χ1) is 12.0. The van der Waals surface area contributed by atoms with Gasteiger partial charge >= 0.3 is 11.8 Å². The van der Waals surface area contributed by atoms with Gasteiger partial charge in [-0.1, -0.05) is 12.1 Å². The number of carbonyl (C=O) groups excluding carboxylic acids is 2. The van der Waals surface area contributed by atoms with Gasteiger partial charge in [0.25, 0.3) is 0 Å². The molecule has 0 saturated heterocycles. The molecule has 0 aliphatic heterocycles. The molecule has 0 aliphatic rings. The van der Waals surface area contributed by atoms with Crippen LogP contribution in [0.5, 0.6) is 5.75 Å². The van der Waals surface area contributed by atoms with Gasteiger partial charge < -0.3 is 10.1 Å². The van der Waals surface area contributed by atoms with Crippen molar-refractivity contribution in [3.8, 4) is 5.75 Å². The largest absolute Gasteiger partial charge is 0.488 e. The molecule has 6 nitrogen and oxygen atoms in total. The highest BCUT2D eigenvalue weighted by molar-refractivity contribution is 9.10. The van der Waals surface area contributed by atoms with Gasteiger partial charge in [-0.05, 0) is 57.4 Å². The maximum atomic E-state index is 13.1. The van der Waals surface area contributed by atoms with Gasteiger partial charge in [-0.25, -0.2) is 9.82 Å². The third kappa shape index (κ3) is 5.68. The van der Waals surface area contributed by atoms with E-state index in [1.807, 2.05) is 0 Å². The van der Waals surface area contributed by atoms with E-state index in [1.165, 1.54) is 25.4 Å². The van der Waals surface area contributed by atoms with Gasteiger partial charge in [0.1, 0.15) is 18.2 Å². The minimum atomic E-state index is -0.854. The normalized spacial score (nSPS) is 10.5. The van der Waals surface area contributed by atoms with E-state index in [0.717, 1.165) is 5.56 Å². The maximum absolute atomic E-state index is 13.1. The fraction of sp³-hybridized carbons (Fsp3) is 0.118. The highest BCUT2D eigenvalue weighted by Crippen LogP contribution is 2.26. The van der Waals surface area contributed by atoms with E-state index < -0.39 is 11.8 Å². The number of nitrogens with zero attached hydrogens (tertiary/aromatic N) is 1. The first-order valence-electron chi connectivity index (χ1n) is 7.21. The Labute approximate surface area is 152 Å². The monoisotopic (exact) mass is 407 g/mol. The van der Waals surface area contributed by atoms with Gasteiger partial charge in [0, 0.05) is 7.05 Å². The number of likely N-dealkylation sites (N-methyl/N-ethyl adjacent to an activating group) is 1. The molecule has 0 atom stereocenters. The van der Waals surface area contributed by atoms with Crippen LogP contribution in [-0.2, 0) is 16.2 Å². The van der Waals surface area contributed by atoms with Crippen molar-refractivity contribution in [2.24, 2.45) is 5.10 Å². The van der Waals surface area contributed by atoms with Crippen LogP contribution in [0.4, 0.5) is 4.39 Å². The molecule has 0 saturated carbocycles. The van der Waals surface area contributed by atoms with Crippen LogP contribution >= 0.6 is 15.9 Å². The van der Waals surface area contributed by atoms with E-state index in [1.54, 1.807) is 30.3 Å². The summed E-state index contributed by atoms with van der Waals surface area (Å²) in [6, 6.07) is 11.3. The molecule has 0 unspecified atom stereocenters. The Morgan fingerprint density at radius 3 is 2.72 bits per heavy atom. The second kappa shape index (κ2) is 8.93. The zero-order valence-electron chi connectivity index (χ0n) is 13.3. The van der Waals surface area contributed by atoms with Crippen molar-refractivity contribution in [3.63, 3.8) is 0 Å². The van der Waals surface area contributed by atoms with Crippen molar-refractivity contribution in [3.05, 3.63) is 63.9 Å². The van der Waals surface area contributed by atoms with E-state index in [-0.39, 0.29) is 12.4 Å². The van der Waals surface area contributed by atoms with Crippen LogP contribution in [0.15, 0.2) is 52.0 Å². The Balaban J connectivity index is 1.95. The van der Waals surface area contributed by atoms with Crippen molar-refractivity contribution in [1.29, 1.82) is 0 Å². The van der Waals surface area contributed by atoms with Gasteiger partial charge in [0.15, 0.2) is 0 Å². The third-order valence-electron chi connectivity index (χ3n) is 3.05. The van der Waals surface area contributed by atoms with Gasteiger partial charge in [-0.2, -0.15) is 5.10 Å². The quantitative estimate of drug-likeness (QED) is 0.453. The molecule has 2 aromatic rings. The number of benzene rings is 2. The Hall–Kier alpha value is -2.74. The molecule has 0 spiro atoms. The molecule has 2 aromatic carbocycles. The van der Waals surface area contributed by atoms with Crippen LogP contribution in [0.1, 0.15) is 11.1 Å². The first kappa shape index (κ1) is 18.6. The van der Waals surface area contributed by atoms with Crippen LogP contribution < -0.4 is 15.5 Å². The third-order valence-corrected chi connectivity index (χ3v) is 3.67. The molecule has 130 valence electrons. The fourth-order valence-corrected chi connectivity index (χ4v) is 2.34. The molecular formula is C17H15BrFN3O3. The Morgan fingerprint density at radius 1 is 1.24 bits per heavy atom. The lowest BCUT2D eigenvalue weighted by molar-refractivity contribution is -0.138. The minimum absolute atomic E-state index is 0.228. The molecule has 0 radical (unpaired) electrons. The van der Waals surface area contributed by atoms with Crippen LogP contribution in [0.2, 0.25) is 0 Å². The lowest BCUT2D eigenvalue weighted by Crippen LogP contribution is -2.35. The molecule has 2 N–H and O–H groups in total. The molecule has 0 aromatic heterocycles. The number of nitrogens with one attached hydrogen (secondary N) is 2. The van der Waals surface area contributed by atoms with Crippen LogP contribution in [0.25, 0.3) is 0 Å². The SMILES string of the molecule is CNC(=O)C(=O)N/N=C\c1ccc(OCc2cccc(F)c2)c(Br)c1. The van der Waals surface area contributed by atoms with E-state index in [9.17, 15) is 14.0 Å². The molecule has 2 amide bonds. The molecule has 25 heavy (non-hydrogen) atoms. The Bertz CT molecular complexity index is 811. The number of hydrazone groups is 1. The summed E-state index contributed by atoms with van der Waals surface area (Å²) in [4.78, 5) is 22.3. The van der Waals surface area contributed by atoms with Crippen LogP contribution in [0, 0.1) is 5.82 Å². The summed E-state index contributed by atoms with van der Waals surface area (Å²) >= 11 is 3.38. The van der Waals surface area contributed by atoms with Crippen molar-refractivity contribution in [1.82, 2.24) is 10.7 Å². The van der Waals surface area contributed by atoms with Crippen molar-refractivity contribution >= 4 is 34.0 Å². The maximum Gasteiger partial charge on any atom is 0.329 e. The molecule has 0 aliphatic carbocycles. The average molecular weight is 408 g/mol. The van der Waals surface area contributed by atoms with Crippen molar-refractivity contribution in [2.75, 3.05) is 7.05 Å². The van der Waals surface area contributed by atoms with E-state index in [4.69, 9.17) is 4.74 Å². The number of rotatable bonds is 5. The number of amides is 2. The Kier molecular flexibility index (Phi) is 6.64. The second-order valence-electron chi connectivity index (χ2n) is 4.89. The van der Waals surface area contributed by atoms with Gasteiger partial charge in [-0.15, -0.1) is 0 Å². The molecule has 8 heteroatoms. The second-order valence-corrected chi connectivity index (χ2v) is 5.74. The van der Waals surface area contributed by atoms with Gasteiger partial charge in [0.2, 0.25) is 0 Å². The standard InChI is InChI=1S/C17H15BrFN3O3/c1-20-16(23)17(24)22-21-9-11-5-6-15(14(18)8-11)25-10-12-3-2-4-13(19)7-12/h2-9H,10H2,1H3,(H,20,23)(H,22,24)/b21-9-. The number of ether oxygens (including phenoxy) is 1. The molecular weight excluding hydrogens is 393 g/mol. The van der Waals surface area contributed by atoms with Gasteiger partial charge in [-0.3, -0.25) is 9.59 Å². The topological polar surface area (TPSA) is 79.8 Å². The summed E-state index contributed by atoms with van der Waals surface area (Å²) in [5.74, 6) is -1.37. The summed E-state index contributed by atoms with van der Waals surface area (Å²) in [5.41, 5.74) is 3.50. The first-order valence-corrected chi connectivity index (χ1v) is 8.01. The van der Waals surface area contributed by atoms with Crippen molar-refractivity contribution < 1.29 is 18.7 Å². The predicted octanol–water partition coefficient (Wildman–Crippen LogP) is 2.36. The van der Waals surface area contributed by atoms with Crippen molar-refractivity contribution in [2.45, 2.75) is 6.61 Å². The fourth-order valence-electron chi connectivity index (χ4n) is 1.83. The highest BCUT2D eigenvalue weighted by Gasteiger charge is 2.09. The lowest BCUT2D eigenvalue weighted by Gasteiger charge is -2.09. The average Bonchev–Trinajstić information content (AvgIpc) is 2.60. The van der Waals surface area contributed by atoms with E-state index in [0.29, 0.717) is 15.8 Å². The highest BCUT2D eigenvalue weighted by atomic mass is 79.9. The molecule has 2 rings (SSSR count). The number of hydrogen-bond acceptors (Lipinski definition) is 4. The van der Waals surface area contributed by atoms with Gasteiger partial charge in [0.05, 0.1) is 10.7 Å². The summed E-state index contributed by atoms with van der Waals surface area (Å²) in [6.45, 7) is 0.228. The molecule has 0 heterocycles. The zero-order chi connectivity index (χ0) is 18.2. The number of hydrogen-bond donors (Lipinski definition) is 2. The van der Waals surface area contributed by atoms with Crippen LogP contribution in [0.3, 0.4) is 0 Å². The van der Waals surface area contributed by atoms with Crippen LogP contribution in [-0.4, -0.2) is 25.1 Å². The number of carbonyl (C=O) groups is 2. The summed E-state index contributed by atoms with van der Waals surface area (Å²) in [7, 11) is 1.35. The minimum Gasteiger partial charge on any atom is -0.488 e. The Morgan fingerprint density at radius 2 is 2.04 bits per heavy atom. The lowest BCUT2D eigenvalue weighted by atomic mass is 10.2. The number of halogens is 2. The molecule has 0 bridgehead atoms. The molecule has 0 fully saturated rings. The summed E-state index contributed by atoms with van der Waals surface area (Å²) < 4.78 is 19.5. The summed E-state index contributed by atoms with van der Waals surface area (Å²) in [5, 5.41) is 5.88. The van der Waals surface area contributed by atoms with E-state index in [2.05, 4.69) is 31.8 Å².